The van der Waals surface area contributed by atoms with Crippen molar-refractivity contribution in [3.63, 3.8) is 0 Å². The zero-order chi connectivity index (χ0) is 13.9. The number of rotatable bonds is 5. The predicted molar refractivity (Wildman–Crippen MR) is 68.9 cm³/mol. The van der Waals surface area contributed by atoms with Crippen LogP contribution >= 0.6 is 0 Å². The van der Waals surface area contributed by atoms with Gasteiger partial charge >= 0.3 is 0 Å². The highest BCUT2D eigenvalue weighted by atomic mass is 16.6. The van der Waals surface area contributed by atoms with E-state index in [1.165, 1.54) is 7.11 Å². The maximum absolute atomic E-state index is 11.0. The number of aromatic nitrogens is 2. The lowest BCUT2D eigenvalue weighted by Crippen LogP contribution is -2.03. The van der Waals surface area contributed by atoms with Gasteiger partial charge in [-0.2, -0.15) is 5.10 Å². The average molecular weight is 253 g/mol. The van der Waals surface area contributed by atoms with Crippen LogP contribution in [0.1, 0.15) is 31.5 Å². The fourth-order valence-electron chi connectivity index (χ4n) is 1.83. The van der Waals surface area contributed by atoms with Crippen LogP contribution < -0.4 is 4.74 Å². The lowest BCUT2D eigenvalue weighted by atomic mass is 10.1. The van der Waals surface area contributed by atoms with Crippen LogP contribution in [0.5, 0.6) is 5.88 Å². The van der Waals surface area contributed by atoms with Gasteiger partial charge in [-0.1, -0.05) is 13.8 Å². The molecule has 18 heavy (non-hydrogen) atoms. The fourth-order valence-corrected chi connectivity index (χ4v) is 1.83. The Labute approximate surface area is 106 Å². The Balaban J connectivity index is 3.23. The number of nitro groups is 1. The van der Waals surface area contributed by atoms with Crippen molar-refractivity contribution in [2.45, 2.75) is 27.2 Å². The first kappa shape index (κ1) is 14.2. The summed E-state index contributed by atoms with van der Waals surface area (Å²) in [4.78, 5) is 10.7. The molecule has 6 nitrogen and oxygen atoms in total. The van der Waals surface area contributed by atoms with Crippen LogP contribution in [0, 0.1) is 23.0 Å². The second-order valence-electron chi connectivity index (χ2n) is 4.62. The second-order valence-corrected chi connectivity index (χ2v) is 4.62. The molecule has 0 radical (unpaired) electrons. The van der Waals surface area contributed by atoms with E-state index in [0.717, 1.165) is 5.69 Å². The number of nitrogens with zero attached hydrogens (tertiary/aromatic N) is 3. The molecule has 0 spiro atoms. The topological polar surface area (TPSA) is 70.2 Å². The first-order chi connectivity index (χ1) is 8.36. The number of aryl methyl sites for hydroxylation is 2. The Hall–Kier alpha value is -1.85. The quantitative estimate of drug-likeness (QED) is 0.596. The molecule has 0 N–H and O–H groups in total. The second kappa shape index (κ2) is 5.66. The van der Waals surface area contributed by atoms with E-state index in [9.17, 15) is 10.1 Å². The standard InChI is InChI=1S/C12H19N3O3/c1-8(2)6-10(15(16)17)7-11-9(3)13-14(4)12(11)18-5/h7-8H,6H2,1-5H3/b10-7-. The lowest BCUT2D eigenvalue weighted by molar-refractivity contribution is -0.427. The van der Waals surface area contributed by atoms with Gasteiger partial charge in [-0.15, -0.1) is 0 Å². The maximum atomic E-state index is 11.0. The van der Waals surface area contributed by atoms with Crippen LogP contribution in [0.25, 0.3) is 6.08 Å². The molecule has 0 saturated carbocycles. The third-order valence-electron chi connectivity index (χ3n) is 2.57. The van der Waals surface area contributed by atoms with Crippen LogP contribution in [-0.2, 0) is 7.05 Å². The molecule has 100 valence electrons. The average Bonchev–Trinajstić information content (AvgIpc) is 2.51. The van der Waals surface area contributed by atoms with E-state index >= 15 is 0 Å². The van der Waals surface area contributed by atoms with Crippen molar-refractivity contribution in [2.75, 3.05) is 7.11 Å². The number of ether oxygens (including phenoxy) is 1. The summed E-state index contributed by atoms with van der Waals surface area (Å²) >= 11 is 0. The number of allylic oxidation sites excluding steroid dienone is 1. The van der Waals surface area contributed by atoms with Gasteiger partial charge in [-0.3, -0.25) is 10.1 Å². The van der Waals surface area contributed by atoms with Gasteiger partial charge in [0.1, 0.15) is 0 Å². The van der Waals surface area contributed by atoms with E-state index < -0.39 is 0 Å². The van der Waals surface area contributed by atoms with Crippen molar-refractivity contribution in [1.82, 2.24) is 9.78 Å². The van der Waals surface area contributed by atoms with Crippen LogP contribution in [-0.4, -0.2) is 21.8 Å². The zero-order valence-corrected chi connectivity index (χ0v) is 11.4. The van der Waals surface area contributed by atoms with Crippen LogP contribution in [0.2, 0.25) is 0 Å². The Morgan fingerprint density at radius 3 is 2.67 bits per heavy atom. The summed E-state index contributed by atoms with van der Waals surface area (Å²) in [6, 6.07) is 0. The molecule has 0 bridgehead atoms. The molecule has 1 aromatic rings. The van der Waals surface area contributed by atoms with Gasteiger partial charge < -0.3 is 4.74 Å². The normalized spacial score (nSPS) is 12.0. The van der Waals surface area contributed by atoms with Crippen LogP contribution in [0.15, 0.2) is 5.70 Å². The third kappa shape index (κ3) is 3.09. The predicted octanol–water partition coefficient (Wildman–Crippen LogP) is 2.40. The minimum absolute atomic E-state index is 0.180. The van der Waals surface area contributed by atoms with Crippen molar-refractivity contribution in [3.8, 4) is 5.88 Å². The molecular formula is C12H19N3O3. The fraction of sp³-hybridized carbons (Fsp3) is 0.583. The smallest absolute Gasteiger partial charge is 0.247 e. The van der Waals surface area contributed by atoms with E-state index in [0.29, 0.717) is 17.9 Å². The van der Waals surface area contributed by atoms with Gasteiger partial charge in [0.15, 0.2) is 0 Å². The van der Waals surface area contributed by atoms with E-state index in [4.69, 9.17) is 4.74 Å². The van der Waals surface area contributed by atoms with E-state index in [2.05, 4.69) is 5.10 Å². The van der Waals surface area contributed by atoms with E-state index in [1.54, 1.807) is 24.7 Å². The lowest BCUT2D eigenvalue weighted by Gasteiger charge is -2.04. The molecular weight excluding hydrogens is 234 g/mol. The molecule has 0 saturated heterocycles. The van der Waals surface area contributed by atoms with Gasteiger partial charge in [0, 0.05) is 19.5 Å². The minimum Gasteiger partial charge on any atom is -0.481 e. The Kier molecular flexibility index (Phi) is 4.47. The summed E-state index contributed by atoms with van der Waals surface area (Å²) < 4.78 is 6.79. The SMILES string of the molecule is COc1c(/C=C(/CC(C)C)[N+](=O)[O-])c(C)nn1C. The first-order valence-corrected chi connectivity index (χ1v) is 5.79. The Bertz CT molecular complexity index is 475. The number of hydrogen-bond acceptors (Lipinski definition) is 4. The molecule has 0 amide bonds. The zero-order valence-electron chi connectivity index (χ0n) is 11.4. The van der Waals surface area contributed by atoms with Crippen molar-refractivity contribution in [1.29, 1.82) is 0 Å². The molecule has 0 fully saturated rings. The molecule has 1 heterocycles. The highest BCUT2D eigenvalue weighted by Gasteiger charge is 2.18. The van der Waals surface area contributed by atoms with Crippen molar-refractivity contribution in [3.05, 3.63) is 27.1 Å². The Morgan fingerprint density at radius 2 is 2.22 bits per heavy atom. The summed E-state index contributed by atoms with van der Waals surface area (Å²) in [6.07, 6.45) is 1.98. The monoisotopic (exact) mass is 253 g/mol. The molecule has 0 atom stereocenters. The van der Waals surface area contributed by atoms with Crippen molar-refractivity contribution >= 4 is 6.08 Å². The van der Waals surface area contributed by atoms with Gasteiger partial charge in [0.2, 0.25) is 11.6 Å². The van der Waals surface area contributed by atoms with Crippen molar-refractivity contribution in [2.24, 2.45) is 13.0 Å². The summed E-state index contributed by atoms with van der Waals surface area (Å²) in [7, 11) is 3.28. The Morgan fingerprint density at radius 1 is 1.61 bits per heavy atom. The summed E-state index contributed by atoms with van der Waals surface area (Å²) in [5, 5.41) is 15.2. The minimum atomic E-state index is -0.341. The van der Waals surface area contributed by atoms with Crippen LogP contribution in [0.4, 0.5) is 0 Å². The molecule has 1 rings (SSSR count). The molecule has 0 aliphatic heterocycles. The summed E-state index contributed by atoms with van der Waals surface area (Å²) in [5.41, 5.74) is 1.57. The molecule has 0 aliphatic carbocycles. The van der Waals surface area contributed by atoms with Gasteiger partial charge in [-0.25, -0.2) is 4.68 Å². The van der Waals surface area contributed by atoms with E-state index in [1.807, 2.05) is 13.8 Å². The van der Waals surface area contributed by atoms with Gasteiger partial charge in [-0.05, 0) is 12.8 Å². The largest absolute Gasteiger partial charge is 0.481 e. The van der Waals surface area contributed by atoms with Crippen molar-refractivity contribution < 1.29 is 9.66 Å². The summed E-state index contributed by atoms with van der Waals surface area (Å²) in [6.45, 7) is 5.70. The van der Waals surface area contributed by atoms with Gasteiger partial charge in [0.25, 0.3) is 0 Å². The molecule has 1 aromatic heterocycles. The molecule has 6 heteroatoms. The van der Waals surface area contributed by atoms with E-state index in [-0.39, 0.29) is 16.5 Å². The third-order valence-corrected chi connectivity index (χ3v) is 2.57. The first-order valence-electron chi connectivity index (χ1n) is 5.79. The van der Waals surface area contributed by atoms with Crippen LogP contribution in [0.3, 0.4) is 0 Å². The number of hydrogen-bond donors (Lipinski definition) is 0. The maximum Gasteiger partial charge on any atom is 0.247 e. The molecule has 0 aromatic carbocycles. The van der Waals surface area contributed by atoms with Gasteiger partial charge in [0.05, 0.1) is 23.3 Å². The highest BCUT2D eigenvalue weighted by molar-refractivity contribution is 5.59. The highest BCUT2D eigenvalue weighted by Crippen LogP contribution is 2.25. The molecule has 0 unspecified atom stereocenters. The number of methoxy groups -OCH3 is 1. The summed E-state index contributed by atoms with van der Waals surface area (Å²) in [5.74, 6) is 0.764. The molecule has 0 aliphatic rings.